The standard InChI is InChI=1S/C17H27N3O/c18-14-16-7-5-15(6-8-16)13-17(21)19-9-12-20-10-3-1-2-4-11-20/h5-8H,1-4,9-14,18H2,(H,19,21). The number of nitrogens with zero attached hydrogens (tertiary/aromatic N) is 1. The van der Waals surface area contributed by atoms with Crippen LogP contribution in [0.1, 0.15) is 36.8 Å². The largest absolute Gasteiger partial charge is 0.355 e. The molecule has 0 unspecified atom stereocenters. The van der Waals surface area contributed by atoms with E-state index in [4.69, 9.17) is 5.73 Å². The molecule has 0 saturated carbocycles. The normalized spacial score (nSPS) is 16.4. The zero-order valence-corrected chi connectivity index (χ0v) is 12.8. The first-order valence-corrected chi connectivity index (χ1v) is 8.05. The maximum Gasteiger partial charge on any atom is 0.224 e. The van der Waals surface area contributed by atoms with Crippen molar-refractivity contribution in [2.24, 2.45) is 5.73 Å². The molecule has 0 spiro atoms. The van der Waals surface area contributed by atoms with E-state index in [1.54, 1.807) is 0 Å². The fourth-order valence-corrected chi connectivity index (χ4v) is 2.75. The molecule has 1 saturated heterocycles. The van der Waals surface area contributed by atoms with E-state index in [1.807, 2.05) is 24.3 Å². The first kappa shape index (κ1) is 16.0. The number of nitrogens with one attached hydrogen (secondary N) is 1. The minimum absolute atomic E-state index is 0.102. The van der Waals surface area contributed by atoms with Gasteiger partial charge < -0.3 is 16.0 Å². The Morgan fingerprint density at radius 1 is 1.05 bits per heavy atom. The smallest absolute Gasteiger partial charge is 0.224 e. The molecule has 1 heterocycles. The fraction of sp³-hybridized carbons (Fsp3) is 0.588. The molecule has 1 aliphatic heterocycles. The van der Waals surface area contributed by atoms with Crippen LogP contribution >= 0.6 is 0 Å². The van der Waals surface area contributed by atoms with Gasteiger partial charge in [-0.1, -0.05) is 37.1 Å². The number of rotatable bonds is 6. The van der Waals surface area contributed by atoms with Gasteiger partial charge in [0.2, 0.25) is 5.91 Å². The third kappa shape index (κ3) is 5.86. The fourth-order valence-electron chi connectivity index (χ4n) is 2.75. The molecule has 0 bridgehead atoms. The molecule has 1 fully saturated rings. The zero-order valence-electron chi connectivity index (χ0n) is 12.8. The molecule has 1 aromatic carbocycles. The van der Waals surface area contributed by atoms with Gasteiger partial charge in [0.1, 0.15) is 0 Å². The summed E-state index contributed by atoms with van der Waals surface area (Å²) in [6.07, 6.45) is 5.73. The number of carbonyl (C=O) groups excluding carboxylic acids is 1. The van der Waals surface area contributed by atoms with Crippen LogP contribution in [0.2, 0.25) is 0 Å². The Labute approximate surface area is 127 Å². The maximum absolute atomic E-state index is 11.9. The van der Waals surface area contributed by atoms with Gasteiger partial charge >= 0.3 is 0 Å². The van der Waals surface area contributed by atoms with E-state index < -0.39 is 0 Å². The minimum atomic E-state index is 0.102. The van der Waals surface area contributed by atoms with Crippen molar-refractivity contribution in [3.8, 4) is 0 Å². The van der Waals surface area contributed by atoms with E-state index in [9.17, 15) is 4.79 Å². The van der Waals surface area contributed by atoms with Crippen molar-refractivity contribution in [3.63, 3.8) is 0 Å². The van der Waals surface area contributed by atoms with E-state index in [2.05, 4.69) is 10.2 Å². The first-order chi connectivity index (χ1) is 10.3. The quantitative estimate of drug-likeness (QED) is 0.837. The lowest BCUT2D eigenvalue weighted by molar-refractivity contribution is -0.120. The van der Waals surface area contributed by atoms with Gasteiger partial charge in [-0.25, -0.2) is 0 Å². The zero-order chi connectivity index (χ0) is 14.9. The van der Waals surface area contributed by atoms with Crippen LogP contribution < -0.4 is 11.1 Å². The van der Waals surface area contributed by atoms with Crippen molar-refractivity contribution in [1.29, 1.82) is 0 Å². The summed E-state index contributed by atoms with van der Waals surface area (Å²) in [5.74, 6) is 0.102. The Morgan fingerprint density at radius 3 is 2.29 bits per heavy atom. The minimum Gasteiger partial charge on any atom is -0.355 e. The lowest BCUT2D eigenvalue weighted by Crippen LogP contribution is -2.36. The predicted molar refractivity (Wildman–Crippen MR) is 86.0 cm³/mol. The summed E-state index contributed by atoms with van der Waals surface area (Å²) < 4.78 is 0. The van der Waals surface area contributed by atoms with Crippen molar-refractivity contribution in [3.05, 3.63) is 35.4 Å². The highest BCUT2D eigenvalue weighted by atomic mass is 16.1. The van der Waals surface area contributed by atoms with Gasteiger partial charge in [-0.05, 0) is 37.1 Å². The molecule has 4 heteroatoms. The number of hydrogen-bond donors (Lipinski definition) is 2. The second kappa shape index (κ2) is 8.80. The van der Waals surface area contributed by atoms with Crippen LogP contribution in [0.25, 0.3) is 0 Å². The number of likely N-dealkylation sites (tertiary alicyclic amines) is 1. The Morgan fingerprint density at radius 2 is 1.67 bits per heavy atom. The highest BCUT2D eigenvalue weighted by Crippen LogP contribution is 2.08. The van der Waals surface area contributed by atoms with Gasteiger partial charge in [0.05, 0.1) is 6.42 Å². The Hall–Kier alpha value is -1.39. The predicted octanol–water partition coefficient (Wildman–Crippen LogP) is 1.68. The Balaban J connectivity index is 1.66. The van der Waals surface area contributed by atoms with Gasteiger partial charge in [0.15, 0.2) is 0 Å². The summed E-state index contributed by atoms with van der Waals surface area (Å²) in [4.78, 5) is 14.4. The number of hydrogen-bond acceptors (Lipinski definition) is 3. The average Bonchev–Trinajstić information content (AvgIpc) is 2.77. The topological polar surface area (TPSA) is 58.4 Å². The van der Waals surface area contributed by atoms with Crippen molar-refractivity contribution >= 4 is 5.91 Å². The van der Waals surface area contributed by atoms with Gasteiger partial charge in [-0.2, -0.15) is 0 Å². The van der Waals surface area contributed by atoms with Crippen LogP contribution in [-0.2, 0) is 17.8 Å². The molecule has 21 heavy (non-hydrogen) atoms. The van der Waals surface area contributed by atoms with Crippen LogP contribution in [0.4, 0.5) is 0 Å². The maximum atomic E-state index is 11.9. The van der Waals surface area contributed by atoms with Crippen LogP contribution in [-0.4, -0.2) is 37.0 Å². The third-order valence-electron chi connectivity index (χ3n) is 4.07. The Bertz CT molecular complexity index is 422. The third-order valence-corrected chi connectivity index (χ3v) is 4.07. The molecule has 0 aliphatic carbocycles. The van der Waals surface area contributed by atoms with Crippen molar-refractivity contribution < 1.29 is 4.79 Å². The Kier molecular flexibility index (Phi) is 6.70. The molecule has 1 aromatic rings. The first-order valence-electron chi connectivity index (χ1n) is 8.05. The summed E-state index contributed by atoms with van der Waals surface area (Å²) in [5.41, 5.74) is 7.70. The number of benzene rings is 1. The summed E-state index contributed by atoms with van der Waals surface area (Å²) in [6.45, 7) is 4.62. The summed E-state index contributed by atoms with van der Waals surface area (Å²) in [7, 11) is 0. The molecule has 1 amide bonds. The van der Waals surface area contributed by atoms with Gasteiger partial charge in [0, 0.05) is 19.6 Å². The summed E-state index contributed by atoms with van der Waals surface area (Å²) >= 11 is 0. The molecular weight excluding hydrogens is 262 g/mol. The number of nitrogens with two attached hydrogens (primary N) is 1. The second-order valence-corrected chi connectivity index (χ2v) is 5.80. The monoisotopic (exact) mass is 289 g/mol. The van der Waals surface area contributed by atoms with E-state index in [1.165, 1.54) is 38.8 Å². The van der Waals surface area contributed by atoms with E-state index in [0.717, 1.165) is 24.2 Å². The van der Waals surface area contributed by atoms with Gasteiger partial charge in [-0.15, -0.1) is 0 Å². The van der Waals surface area contributed by atoms with E-state index >= 15 is 0 Å². The number of amides is 1. The molecule has 1 aliphatic rings. The molecule has 0 aromatic heterocycles. The molecule has 116 valence electrons. The van der Waals surface area contributed by atoms with Crippen LogP contribution in [0.15, 0.2) is 24.3 Å². The van der Waals surface area contributed by atoms with Crippen LogP contribution in [0.5, 0.6) is 0 Å². The lowest BCUT2D eigenvalue weighted by atomic mass is 10.1. The van der Waals surface area contributed by atoms with Crippen molar-refractivity contribution in [1.82, 2.24) is 10.2 Å². The van der Waals surface area contributed by atoms with Crippen molar-refractivity contribution in [2.75, 3.05) is 26.2 Å². The molecule has 2 rings (SSSR count). The van der Waals surface area contributed by atoms with E-state index in [0.29, 0.717) is 13.0 Å². The highest BCUT2D eigenvalue weighted by molar-refractivity contribution is 5.78. The van der Waals surface area contributed by atoms with E-state index in [-0.39, 0.29) is 5.91 Å². The molecule has 3 N–H and O–H groups in total. The van der Waals surface area contributed by atoms with Gasteiger partial charge in [0.25, 0.3) is 0 Å². The average molecular weight is 289 g/mol. The highest BCUT2D eigenvalue weighted by Gasteiger charge is 2.09. The lowest BCUT2D eigenvalue weighted by Gasteiger charge is -2.19. The SMILES string of the molecule is NCc1ccc(CC(=O)NCCN2CCCCCC2)cc1. The number of carbonyl (C=O) groups is 1. The van der Waals surface area contributed by atoms with Crippen LogP contribution in [0.3, 0.4) is 0 Å². The molecule has 4 nitrogen and oxygen atoms in total. The summed E-state index contributed by atoms with van der Waals surface area (Å²) in [5, 5.41) is 3.02. The second-order valence-electron chi connectivity index (χ2n) is 5.80. The van der Waals surface area contributed by atoms with Crippen LogP contribution in [0, 0.1) is 0 Å². The molecule has 0 atom stereocenters. The molecule has 0 radical (unpaired) electrons. The molecular formula is C17H27N3O. The summed E-state index contributed by atoms with van der Waals surface area (Å²) in [6, 6.07) is 7.94. The van der Waals surface area contributed by atoms with Gasteiger partial charge in [-0.3, -0.25) is 4.79 Å². The van der Waals surface area contributed by atoms with Crippen molar-refractivity contribution in [2.45, 2.75) is 38.6 Å².